The summed E-state index contributed by atoms with van der Waals surface area (Å²) in [4.78, 5) is 20.0. The zero-order valence-corrected chi connectivity index (χ0v) is 21.3. The summed E-state index contributed by atoms with van der Waals surface area (Å²) in [6, 6.07) is 0. The zero-order valence-electron chi connectivity index (χ0n) is 17.5. The summed E-state index contributed by atoms with van der Waals surface area (Å²) in [7, 11) is -3.80. The molecule has 0 radical (unpaired) electrons. The van der Waals surface area contributed by atoms with E-state index < -0.39 is 84.1 Å². The van der Waals surface area contributed by atoms with E-state index in [9.17, 15) is 28.2 Å². The van der Waals surface area contributed by atoms with Crippen molar-refractivity contribution in [1.29, 1.82) is 0 Å². The summed E-state index contributed by atoms with van der Waals surface area (Å²) in [6.07, 6.45) is -16.2. The van der Waals surface area contributed by atoms with E-state index in [0.717, 1.165) is 0 Å². The van der Waals surface area contributed by atoms with Gasteiger partial charge in [-0.25, -0.2) is 0 Å². The van der Waals surface area contributed by atoms with Crippen molar-refractivity contribution in [3.63, 3.8) is 0 Å². The Labute approximate surface area is 205 Å². The van der Waals surface area contributed by atoms with Gasteiger partial charge in [-0.15, -0.1) is 0 Å². The van der Waals surface area contributed by atoms with Gasteiger partial charge in [-0.05, 0) is 0 Å². The standard InChI is InChI=1S/2C6H12O7.C2H7NO3S.Zn/c2*7-1-2(8)3(9)4(10)5(11)6(12)13;3-1-2-7(4,5)6;/h2*2-5,7-11H,1H2,(H,12,13);1-3H2,(H,4,5,6);/q;;;+2/p-2/t2*2-,3-,4+,5-;;/m11../s1. The van der Waals surface area contributed by atoms with Crippen LogP contribution >= 0.6 is 0 Å². The largest absolute Gasteiger partial charge is 2.00 e. The van der Waals surface area contributed by atoms with Gasteiger partial charge >= 0.3 is 19.5 Å². The molecule has 0 saturated heterocycles. The maximum absolute atomic E-state index is 9.98. The van der Waals surface area contributed by atoms with Crippen molar-refractivity contribution in [3.05, 3.63) is 0 Å². The number of hydrogen-bond acceptors (Lipinski definition) is 17. The molecule has 0 aromatic rings. The molecule has 0 aliphatic heterocycles. The summed E-state index contributed by atoms with van der Waals surface area (Å²) >= 11 is 0. The van der Waals surface area contributed by atoms with E-state index in [2.05, 4.69) is 0 Å². The van der Waals surface area contributed by atoms with Crippen molar-refractivity contribution >= 4 is 22.1 Å². The average Bonchev–Trinajstić information content (AvgIpc) is 2.74. The van der Waals surface area contributed by atoms with Crippen LogP contribution in [0.3, 0.4) is 0 Å². The molecule has 200 valence electrons. The number of carboxylic acids is 2. The summed E-state index contributed by atoms with van der Waals surface area (Å²) in [5.74, 6) is -4.30. The number of carbonyl (C=O) groups excluding carboxylic acids is 2. The fraction of sp³-hybridized carbons (Fsp3) is 0.857. The molecule has 0 amide bonds. The fourth-order valence-electron chi connectivity index (χ4n) is 1.47. The van der Waals surface area contributed by atoms with Gasteiger partial charge in [-0.1, -0.05) is 0 Å². The molecule has 0 aliphatic rings. The predicted molar refractivity (Wildman–Crippen MR) is 97.7 cm³/mol. The Kier molecular flexibility index (Phi) is 23.9. The molecule has 0 saturated carbocycles. The van der Waals surface area contributed by atoms with Crippen LogP contribution in [0.2, 0.25) is 0 Å². The second kappa shape index (κ2) is 20.2. The number of aliphatic hydroxyl groups is 10. The normalized spacial score (nSPS) is 18.0. The SMILES string of the molecule is NCCS(=O)(=O)O.O=C([O-])[C@H](O)[C@@H](O)[C@H](O)[C@H](O)CO.O=C([O-])[C@H](O)[C@@H](O)[C@H](O)[C@H](O)CO.[Zn+2]. The maximum Gasteiger partial charge on any atom is 2.00 e. The smallest absolute Gasteiger partial charge is 0.547 e. The molecule has 8 atom stereocenters. The van der Waals surface area contributed by atoms with E-state index in [-0.39, 0.29) is 31.8 Å². The summed E-state index contributed by atoms with van der Waals surface area (Å²) in [5.41, 5.74) is 4.78. The van der Waals surface area contributed by atoms with Gasteiger partial charge in [0.1, 0.15) is 48.8 Å². The van der Waals surface area contributed by atoms with Gasteiger partial charge in [0.2, 0.25) is 0 Å². The minimum absolute atomic E-state index is 0. The first kappa shape index (κ1) is 40.2. The molecular formula is C14H29NO17SZn. The quantitative estimate of drug-likeness (QED) is 0.0752. The number of carboxylic acid groups (broad SMARTS) is 2. The van der Waals surface area contributed by atoms with Crippen molar-refractivity contribution in [2.75, 3.05) is 25.5 Å². The molecule has 18 nitrogen and oxygen atoms in total. The third-order valence-corrected chi connectivity index (χ3v) is 4.12. The minimum Gasteiger partial charge on any atom is -0.547 e. The number of carbonyl (C=O) groups is 2. The number of hydrogen-bond donors (Lipinski definition) is 12. The topological polar surface area (TPSA) is 363 Å². The molecule has 0 rings (SSSR count). The first-order chi connectivity index (χ1) is 14.9. The Morgan fingerprint density at radius 1 is 0.706 bits per heavy atom. The molecule has 0 aromatic carbocycles. The van der Waals surface area contributed by atoms with Gasteiger partial charge in [-0.3, -0.25) is 4.55 Å². The van der Waals surface area contributed by atoms with Crippen LogP contribution in [0.15, 0.2) is 0 Å². The second-order valence-corrected chi connectivity index (χ2v) is 7.64. The maximum atomic E-state index is 9.98. The summed E-state index contributed by atoms with van der Waals surface area (Å²) < 4.78 is 27.3. The van der Waals surface area contributed by atoms with Gasteiger partial charge in [0.05, 0.1) is 30.9 Å². The third-order valence-electron chi connectivity index (χ3n) is 3.37. The van der Waals surface area contributed by atoms with Crippen LogP contribution in [0, 0.1) is 0 Å². The van der Waals surface area contributed by atoms with Crippen LogP contribution in [-0.2, 0) is 39.2 Å². The fourth-order valence-corrected chi connectivity index (χ4v) is 1.77. The molecule has 13 N–H and O–H groups in total. The van der Waals surface area contributed by atoms with E-state index in [1.807, 2.05) is 0 Å². The van der Waals surface area contributed by atoms with Crippen molar-refractivity contribution < 1.29 is 103 Å². The van der Waals surface area contributed by atoms with Crippen LogP contribution < -0.4 is 15.9 Å². The van der Waals surface area contributed by atoms with E-state index in [1.54, 1.807) is 0 Å². The first-order valence-corrected chi connectivity index (χ1v) is 10.2. The molecular weight excluding hydrogens is 552 g/mol. The van der Waals surface area contributed by atoms with Gasteiger partial charge in [0, 0.05) is 6.54 Å². The Morgan fingerprint density at radius 3 is 1.09 bits per heavy atom. The summed E-state index contributed by atoms with van der Waals surface area (Å²) in [5, 5.41) is 107. The Bertz CT molecular complexity index is 614. The monoisotopic (exact) mass is 579 g/mol. The molecule has 0 heterocycles. The molecule has 20 heteroatoms. The molecule has 0 fully saturated rings. The minimum atomic E-state index is -3.80. The molecule has 34 heavy (non-hydrogen) atoms. The zero-order chi connectivity index (χ0) is 27.1. The first-order valence-electron chi connectivity index (χ1n) is 8.62. The molecule has 0 unspecified atom stereocenters. The van der Waals surface area contributed by atoms with Crippen LogP contribution in [0.25, 0.3) is 0 Å². The number of rotatable bonds is 12. The van der Waals surface area contributed by atoms with E-state index >= 15 is 0 Å². The van der Waals surface area contributed by atoms with Gasteiger partial charge in [0.25, 0.3) is 10.1 Å². The Balaban J connectivity index is -0.000000205. The van der Waals surface area contributed by atoms with Gasteiger partial charge in [0.15, 0.2) is 0 Å². The Hall–Kier alpha value is -0.967. The average molecular weight is 581 g/mol. The van der Waals surface area contributed by atoms with Crippen molar-refractivity contribution in [2.45, 2.75) is 48.8 Å². The molecule has 0 spiro atoms. The van der Waals surface area contributed by atoms with E-state index in [0.29, 0.717) is 0 Å². The third kappa shape index (κ3) is 18.4. The van der Waals surface area contributed by atoms with E-state index in [4.69, 9.17) is 61.4 Å². The summed E-state index contributed by atoms with van der Waals surface area (Å²) in [6.45, 7) is -1.76. The van der Waals surface area contributed by atoms with Gasteiger partial charge < -0.3 is 76.6 Å². The van der Waals surface area contributed by atoms with Crippen molar-refractivity contribution in [2.24, 2.45) is 5.73 Å². The van der Waals surface area contributed by atoms with Crippen molar-refractivity contribution in [1.82, 2.24) is 0 Å². The van der Waals surface area contributed by atoms with Crippen molar-refractivity contribution in [3.8, 4) is 0 Å². The van der Waals surface area contributed by atoms with E-state index in [1.165, 1.54) is 0 Å². The predicted octanol–water partition coefficient (Wildman–Crippen LogP) is -10.8. The number of nitrogens with two attached hydrogens (primary N) is 1. The Morgan fingerprint density at radius 2 is 0.971 bits per heavy atom. The van der Waals surface area contributed by atoms with Gasteiger partial charge in [-0.2, -0.15) is 8.42 Å². The molecule has 0 aromatic heterocycles. The number of aliphatic hydroxyl groups excluding tert-OH is 10. The van der Waals surface area contributed by atoms with Crippen LogP contribution in [-0.4, -0.2) is 150 Å². The van der Waals surface area contributed by atoms with Crippen LogP contribution in [0.1, 0.15) is 0 Å². The second-order valence-electron chi connectivity index (χ2n) is 6.06. The molecule has 0 bridgehead atoms. The number of aliphatic carboxylic acids is 2. The van der Waals surface area contributed by atoms with Crippen LogP contribution in [0.4, 0.5) is 0 Å². The molecule has 0 aliphatic carbocycles. The van der Waals surface area contributed by atoms with Crippen LogP contribution in [0.5, 0.6) is 0 Å².